The molecule has 0 spiro atoms. The van der Waals surface area contributed by atoms with Crippen LogP contribution in [0.5, 0.6) is 0 Å². The highest BCUT2D eigenvalue weighted by Gasteiger charge is 2.08. The van der Waals surface area contributed by atoms with Crippen molar-refractivity contribution in [1.29, 1.82) is 0 Å². The number of nitrogens with zero attached hydrogens (tertiary/aromatic N) is 1. The van der Waals surface area contributed by atoms with Crippen LogP contribution in [-0.4, -0.2) is 10.9 Å². The molecule has 3 aromatic heterocycles. The molecule has 106 valence electrons. The zero-order chi connectivity index (χ0) is 14.7. The van der Waals surface area contributed by atoms with Gasteiger partial charge < -0.3 is 9.73 Å². The molecule has 21 heavy (non-hydrogen) atoms. The number of aromatic nitrogens is 1. The van der Waals surface area contributed by atoms with E-state index in [9.17, 15) is 4.79 Å². The summed E-state index contributed by atoms with van der Waals surface area (Å²) < 4.78 is 5.35. The molecule has 0 aliphatic rings. The Kier molecular flexibility index (Phi) is 3.83. The molecule has 1 amide bonds. The molecule has 3 aromatic rings. The lowest BCUT2D eigenvalue weighted by Crippen LogP contribution is -2.21. The topological polar surface area (TPSA) is 55.1 Å². The van der Waals surface area contributed by atoms with Crippen LogP contribution >= 0.6 is 11.3 Å². The third-order valence-corrected chi connectivity index (χ3v) is 4.02. The van der Waals surface area contributed by atoms with Crippen molar-refractivity contribution in [3.05, 3.63) is 64.3 Å². The third-order valence-electron chi connectivity index (χ3n) is 3.02. The molecule has 0 aliphatic carbocycles. The molecule has 0 unspecified atom stereocenters. The summed E-state index contributed by atoms with van der Waals surface area (Å²) in [4.78, 5) is 18.0. The molecule has 3 rings (SSSR count). The summed E-state index contributed by atoms with van der Waals surface area (Å²) in [5.74, 6) is 0.709. The molecule has 0 bridgehead atoms. The van der Waals surface area contributed by atoms with E-state index >= 15 is 0 Å². The molecule has 5 heteroatoms. The summed E-state index contributed by atoms with van der Waals surface area (Å²) in [5.41, 5.74) is 1.84. The van der Waals surface area contributed by atoms with Crippen LogP contribution < -0.4 is 5.32 Å². The molecule has 0 fully saturated rings. The molecule has 0 aromatic carbocycles. The van der Waals surface area contributed by atoms with Crippen molar-refractivity contribution < 1.29 is 9.21 Å². The molecule has 3 heterocycles. The maximum atomic E-state index is 12.0. The fourth-order valence-corrected chi connectivity index (χ4v) is 2.77. The SMILES string of the molecule is Cc1ccc(C(=O)NCc2cncc(-c3ccco3)c2)s1. The number of hydrogen-bond donors (Lipinski definition) is 1. The highest BCUT2D eigenvalue weighted by Crippen LogP contribution is 2.20. The van der Waals surface area contributed by atoms with Gasteiger partial charge in [-0.25, -0.2) is 0 Å². The zero-order valence-electron chi connectivity index (χ0n) is 11.5. The number of nitrogens with one attached hydrogen (secondary N) is 1. The van der Waals surface area contributed by atoms with Gasteiger partial charge in [0.05, 0.1) is 11.1 Å². The molecular formula is C16H14N2O2S. The van der Waals surface area contributed by atoms with Crippen molar-refractivity contribution in [1.82, 2.24) is 10.3 Å². The largest absolute Gasteiger partial charge is 0.464 e. The number of hydrogen-bond acceptors (Lipinski definition) is 4. The highest BCUT2D eigenvalue weighted by atomic mass is 32.1. The Morgan fingerprint density at radius 1 is 1.33 bits per heavy atom. The van der Waals surface area contributed by atoms with E-state index in [1.807, 2.05) is 37.3 Å². The first-order chi connectivity index (χ1) is 10.2. The minimum absolute atomic E-state index is 0.0588. The molecule has 0 atom stereocenters. The van der Waals surface area contributed by atoms with Crippen molar-refractivity contribution in [3.63, 3.8) is 0 Å². The van der Waals surface area contributed by atoms with Crippen molar-refractivity contribution in [2.45, 2.75) is 13.5 Å². The zero-order valence-corrected chi connectivity index (χ0v) is 12.3. The van der Waals surface area contributed by atoms with Crippen LogP contribution in [-0.2, 0) is 6.54 Å². The molecular weight excluding hydrogens is 284 g/mol. The van der Waals surface area contributed by atoms with Gasteiger partial charge in [-0.3, -0.25) is 9.78 Å². The van der Waals surface area contributed by atoms with E-state index in [0.29, 0.717) is 6.54 Å². The van der Waals surface area contributed by atoms with Gasteiger partial charge in [0.25, 0.3) is 5.91 Å². The molecule has 0 radical (unpaired) electrons. The highest BCUT2D eigenvalue weighted by molar-refractivity contribution is 7.13. The van der Waals surface area contributed by atoms with Crippen LogP contribution in [0.15, 0.2) is 53.4 Å². The van der Waals surface area contributed by atoms with Crippen molar-refractivity contribution in [3.8, 4) is 11.3 Å². The van der Waals surface area contributed by atoms with Crippen molar-refractivity contribution in [2.24, 2.45) is 0 Å². The number of furan rings is 1. The van der Waals surface area contributed by atoms with E-state index in [2.05, 4.69) is 10.3 Å². The van der Waals surface area contributed by atoms with Crippen LogP contribution in [0.1, 0.15) is 20.1 Å². The van der Waals surface area contributed by atoms with Gasteiger partial charge in [0.1, 0.15) is 5.76 Å². The predicted octanol–water partition coefficient (Wildman–Crippen LogP) is 3.64. The van der Waals surface area contributed by atoms with Crippen LogP contribution in [0, 0.1) is 6.92 Å². The number of thiophene rings is 1. The Balaban J connectivity index is 1.68. The summed E-state index contributed by atoms with van der Waals surface area (Å²) in [7, 11) is 0. The lowest BCUT2D eigenvalue weighted by atomic mass is 10.1. The fourth-order valence-electron chi connectivity index (χ4n) is 1.99. The van der Waals surface area contributed by atoms with E-state index in [1.165, 1.54) is 11.3 Å². The lowest BCUT2D eigenvalue weighted by molar-refractivity contribution is 0.0955. The summed E-state index contributed by atoms with van der Waals surface area (Å²) >= 11 is 1.49. The Bertz CT molecular complexity index is 747. The summed E-state index contributed by atoms with van der Waals surface area (Å²) in [6, 6.07) is 9.47. The minimum Gasteiger partial charge on any atom is -0.464 e. The summed E-state index contributed by atoms with van der Waals surface area (Å²) in [6.45, 7) is 2.43. The second-order valence-corrected chi connectivity index (χ2v) is 5.94. The molecule has 0 aliphatic heterocycles. The Hall–Kier alpha value is -2.40. The first-order valence-corrected chi connectivity index (χ1v) is 7.36. The van der Waals surface area contributed by atoms with Crippen LogP contribution in [0.4, 0.5) is 0 Å². The van der Waals surface area contributed by atoms with E-state index in [1.54, 1.807) is 18.7 Å². The molecule has 0 saturated carbocycles. The van der Waals surface area contributed by atoms with Crippen LogP contribution in [0.2, 0.25) is 0 Å². The molecule has 4 nitrogen and oxygen atoms in total. The van der Waals surface area contributed by atoms with E-state index in [4.69, 9.17) is 4.42 Å². The number of rotatable bonds is 4. The first-order valence-electron chi connectivity index (χ1n) is 6.55. The maximum Gasteiger partial charge on any atom is 0.261 e. The maximum absolute atomic E-state index is 12.0. The van der Waals surface area contributed by atoms with Gasteiger partial charge >= 0.3 is 0 Å². The van der Waals surface area contributed by atoms with Gasteiger partial charge in [-0.1, -0.05) is 0 Å². The minimum atomic E-state index is -0.0588. The van der Waals surface area contributed by atoms with Gasteiger partial charge in [0.15, 0.2) is 0 Å². The predicted molar refractivity (Wildman–Crippen MR) is 82.2 cm³/mol. The van der Waals surface area contributed by atoms with Crippen LogP contribution in [0.25, 0.3) is 11.3 Å². The lowest BCUT2D eigenvalue weighted by Gasteiger charge is -2.05. The van der Waals surface area contributed by atoms with Gasteiger partial charge in [-0.05, 0) is 42.8 Å². The molecule has 1 N–H and O–H groups in total. The average Bonchev–Trinajstić information content (AvgIpc) is 3.16. The van der Waals surface area contributed by atoms with Gasteiger partial charge in [-0.2, -0.15) is 0 Å². The second-order valence-electron chi connectivity index (χ2n) is 4.65. The summed E-state index contributed by atoms with van der Waals surface area (Å²) in [5, 5.41) is 2.90. The van der Waals surface area contributed by atoms with Crippen LogP contribution in [0.3, 0.4) is 0 Å². The second kappa shape index (κ2) is 5.93. The van der Waals surface area contributed by atoms with E-state index in [0.717, 1.165) is 26.6 Å². The fraction of sp³-hybridized carbons (Fsp3) is 0.125. The number of carbonyl (C=O) groups is 1. The van der Waals surface area contributed by atoms with Crippen molar-refractivity contribution >= 4 is 17.2 Å². The Morgan fingerprint density at radius 3 is 2.95 bits per heavy atom. The smallest absolute Gasteiger partial charge is 0.261 e. The average molecular weight is 298 g/mol. The number of pyridine rings is 1. The quantitative estimate of drug-likeness (QED) is 0.800. The van der Waals surface area contributed by atoms with E-state index < -0.39 is 0 Å². The van der Waals surface area contributed by atoms with Gasteiger partial charge in [0, 0.05) is 29.4 Å². The van der Waals surface area contributed by atoms with Crippen molar-refractivity contribution in [2.75, 3.05) is 0 Å². The molecule has 0 saturated heterocycles. The van der Waals surface area contributed by atoms with Gasteiger partial charge in [0.2, 0.25) is 0 Å². The third kappa shape index (κ3) is 3.20. The summed E-state index contributed by atoms with van der Waals surface area (Å²) in [6.07, 6.45) is 5.11. The van der Waals surface area contributed by atoms with E-state index in [-0.39, 0.29) is 5.91 Å². The Labute approximate surface area is 126 Å². The number of aryl methyl sites for hydroxylation is 1. The first kappa shape index (κ1) is 13.6. The normalized spacial score (nSPS) is 10.5. The number of carbonyl (C=O) groups excluding carboxylic acids is 1. The standard InChI is InChI=1S/C16H14N2O2S/c1-11-4-5-15(21-11)16(19)18-9-12-7-13(10-17-8-12)14-3-2-6-20-14/h2-8,10H,9H2,1H3,(H,18,19). The monoisotopic (exact) mass is 298 g/mol. The van der Waals surface area contributed by atoms with Gasteiger partial charge in [-0.15, -0.1) is 11.3 Å². The Morgan fingerprint density at radius 2 is 2.24 bits per heavy atom. The number of amides is 1.